The van der Waals surface area contributed by atoms with E-state index in [1.165, 1.54) is 10.9 Å². The van der Waals surface area contributed by atoms with Crippen LogP contribution in [0.5, 0.6) is 0 Å². The monoisotopic (exact) mass is 369 g/mol. The quantitative estimate of drug-likeness (QED) is 0.699. The van der Waals surface area contributed by atoms with Gasteiger partial charge in [0.15, 0.2) is 0 Å². The zero-order valence-electron chi connectivity index (χ0n) is 9.89. The van der Waals surface area contributed by atoms with E-state index in [1.54, 1.807) is 0 Å². The molecule has 0 unspecified atom stereocenters. The van der Waals surface area contributed by atoms with E-state index in [0.29, 0.717) is 0 Å². The minimum atomic E-state index is -2.13. The van der Waals surface area contributed by atoms with Crippen LogP contribution in [0.15, 0.2) is 24.4 Å². The molecule has 0 atom stereocenters. The first-order valence-electron chi connectivity index (χ1n) is 5.08. The van der Waals surface area contributed by atoms with Crippen LogP contribution >= 0.6 is 25.5 Å². The third-order valence-electron chi connectivity index (χ3n) is 2.28. The summed E-state index contributed by atoms with van der Waals surface area (Å²) in [6.07, 6.45) is 1.87. The van der Waals surface area contributed by atoms with E-state index in [0.717, 1.165) is 5.52 Å². The van der Waals surface area contributed by atoms with E-state index < -0.39 is 18.2 Å². The predicted octanol–water partition coefficient (Wildman–Crippen LogP) is 4.93. The Hall–Kier alpha value is 0.443. The third-order valence-corrected chi connectivity index (χ3v) is 2.28. The van der Waals surface area contributed by atoms with Crippen LogP contribution in [0, 0.1) is 0 Å². The van der Waals surface area contributed by atoms with Gasteiger partial charge in [0.05, 0.1) is 11.7 Å². The van der Waals surface area contributed by atoms with Crippen molar-refractivity contribution in [2.75, 3.05) is 0 Å². The molecule has 1 N–H and O–H groups in total. The Kier molecular flexibility index (Phi) is 5.98. The van der Waals surface area contributed by atoms with Gasteiger partial charge >= 0.3 is 43.7 Å². The Morgan fingerprint density at radius 2 is 1.76 bits per heavy atom. The maximum absolute atomic E-state index is 5.00. The summed E-state index contributed by atoms with van der Waals surface area (Å²) in [4.78, 5) is 0. The van der Waals surface area contributed by atoms with Crippen molar-refractivity contribution < 1.29 is 18.2 Å². The van der Waals surface area contributed by atoms with Crippen molar-refractivity contribution in [2.24, 2.45) is 0 Å². The molecule has 1 aromatic carbocycles. The third kappa shape index (κ3) is 4.91. The van der Waals surface area contributed by atoms with Gasteiger partial charge in [-0.15, -0.1) is 0 Å². The van der Waals surface area contributed by atoms with Gasteiger partial charge in [-0.05, 0) is 11.0 Å². The molecule has 93 valence electrons. The summed E-state index contributed by atoms with van der Waals surface area (Å²) in [5.74, 6) is 0. The topological polar surface area (TPSA) is 28.7 Å². The molecule has 1 heterocycles. The second kappa shape index (κ2) is 6.56. The van der Waals surface area contributed by atoms with Crippen molar-refractivity contribution in [1.29, 1.82) is 0 Å². The van der Waals surface area contributed by atoms with Crippen molar-refractivity contribution in [3.63, 3.8) is 0 Å². The van der Waals surface area contributed by atoms with Gasteiger partial charge in [-0.3, -0.25) is 5.10 Å². The molecule has 17 heavy (non-hydrogen) atoms. The number of halogens is 3. The van der Waals surface area contributed by atoms with Crippen LogP contribution in [0.1, 0.15) is 26.3 Å². The first kappa shape index (κ1) is 15.5. The second-order valence-corrected chi connectivity index (χ2v) is 15.8. The molecular weight excluding hydrogens is 358 g/mol. The Morgan fingerprint density at radius 1 is 1.18 bits per heavy atom. The fourth-order valence-corrected chi connectivity index (χ4v) is 1.59. The van der Waals surface area contributed by atoms with Gasteiger partial charge in [0, 0.05) is 5.39 Å². The Morgan fingerprint density at radius 3 is 2.29 bits per heavy atom. The van der Waals surface area contributed by atoms with Crippen molar-refractivity contribution in [2.45, 2.75) is 26.2 Å². The summed E-state index contributed by atoms with van der Waals surface area (Å²) in [6.45, 7) is 6.63. The summed E-state index contributed by atoms with van der Waals surface area (Å²) < 4.78 is 0. The molecule has 2 nitrogen and oxygen atoms in total. The number of fused-ring (bicyclic) bond motifs is 1. The van der Waals surface area contributed by atoms with Crippen molar-refractivity contribution >= 4 is 36.4 Å². The Labute approximate surface area is 120 Å². The molecule has 0 radical (unpaired) electrons. The summed E-state index contributed by atoms with van der Waals surface area (Å²) in [7, 11) is 15.0. The van der Waals surface area contributed by atoms with Gasteiger partial charge < -0.3 is 0 Å². The molecule has 2 aromatic rings. The average molecular weight is 372 g/mol. The summed E-state index contributed by atoms with van der Waals surface area (Å²) >= 11 is -2.13. The molecule has 0 amide bonds. The molecule has 0 saturated heterocycles. The predicted molar refractivity (Wildman–Crippen MR) is 72.4 cm³/mol. The summed E-state index contributed by atoms with van der Waals surface area (Å²) in [5, 5.41) is 8.28. The van der Waals surface area contributed by atoms with Crippen LogP contribution in [0.25, 0.3) is 10.9 Å². The van der Waals surface area contributed by atoms with Crippen LogP contribution in [-0.2, 0) is 23.6 Å². The number of benzene rings is 1. The molecular formula is C11H14Cl3N2Zr. The van der Waals surface area contributed by atoms with E-state index in [9.17, 15) is 0 Å². The Balaban J connectivity index is 0.000000317. The number of aromatic nitrogens is 2. The first-order chi connectivity index (χ1) is 7.82. The van der Waals surface area contributed by atoms with Crippen molar-refractivity contribution in [3.05, 3.63) is 30.0 Å². The first-order valence-corrected chi connectivity index (χ1v) is 14.6. The molecule has 2 rings (SSSR count). The number of aromatic amines is 1. The van der Waals surface area contributed by atoms with E-state index in [2.05, 4.69) is 49.2 Å². The number of H-pyrrole nitrogens is 1. The van der Waals surface area contributed by atoms with Crippen molar-refractivity contribution in [1.82, 2.24) is 10.2 Å². The van der Waals surface area contributed by atoms with Gasteiger partial charge in [0.2, 0.25) is 0 Å². The second-order valence-electron chi connectivity index (χ2n) is 4.60. The average Bonchev–Trinajstić information content (AvgIpc) is 2.61. The molecule has 0 aliphatic rings. The maximum atomic E-state index is 5.00. The zero-order valence-corrected chi connectivity index (χ0v) is 14.6. The summed E-state index contributed by atoms with van der Waals surface area (Å²) in [5.41, 5.74) is 2.66. The van der Waals surface area contributed by atoms with E-state index in [1.807, 2.05) is 6.20 Å². The zero-order chi connectivity index (χ0) is 13.1. The van der Waals surface area contributed by atoms with Gasteiger partial charge in [0.1, 0.15) is 0 Å². The fraction of sp³-hybridized carbons (Fsp3) is 0.364. The van der Waals surface area contributed by atoms with Gasteiger partial charge in [-0.1, -0.05) is 39.0 Å². The standard InChI is InChI=1S/C11H14N2.3ClH.Zr/c1-11(2,3)9-6-4-5-8-7-12-13-10(8)9;;;;/h4-7H,1-3H3,(H,12,13);3*1H;/q;;;;+3/p-3. The summed E-state index contributed by atoms with van der Waals surface area (Å²) in [6, 6.07) is 6.31. The van der Waals surface area contributed by atoms with Crippen LogP contribution in [-0.4, -0.2) is 10.2 Å². The molecule has 1 aromatic heterocycles. The van der Waals surface area contributed by atoms with Crippen LogP contribution in [0.3, 0.4) is 0 Å². The van der Waals surface area contributed by atoms with E-state index in [-0.39, 0.29) is 5.41 Å². The SMILES string of the molecule is CC(C)(C)c1cccc2cn[nH]c12.[Cl][Zr]([Cl])[Cl]. The molecule has 0 bridgehead atoms. The van der Waals surface area contributed by atoms with Gasteiger partial charge in [0.25, 0.3) is 0 Å². The Bertz CT molecular complexity index is 474. The number of rotatable bonds is 0. The fourth-order valence-electron chi connectivity index (χ4n) is 1.59. The van der Waals surface area contributed by atoms with Crippen molar-refractivity contribution in [3.8, 4) is 0 Å². The van der Waals surface area contributed by atoms with Gasteiger partial charge in [-0.25, -0.2) is 0 Å². The molecule has 0 fully saturated rings. The van der Waals surface area contributed by atoms with E-state index in [4.69, 9.17) is 25.5 Å². The number of nitrogens with one attached hydrogen (secondary N) is 1. The number of hydrogen-bond acceptors (Lipinski definition) is 1. The number of hydrogen-bond donors (Lipinski definition) is 1. The van der Waals surface area contributed by atoms with Crippen LogP contribution in [0.4, 0.5) is 0 Å². The molecule has 0 saturated carbocycles. The van der Waals surface area contributed by atoms with Gasteiger partial charge in [-0.2, -0.15) is 5.10 Å². The number of nitrogens with zero attached hydrogens (tertiary/aromatic N) is 1. The van der Waals surface area contributed by atoms with Crippen LogP contribution in [0.2, 0.25) is 0 Å². The van der Waals surface area contributed by atoms with E-state index >= 15 is 0 Å². The molecule has 0 spiro atoms. The van der Waals surface area contributed by atoms with Crippen LogP contribution < -0.4 is 0 Å². The normalized spacial score (nSPS) is 10.9. The minimum absolute atomic E-state index is 0.173. The molecule has 0 aliphatic carbocycles. The molecule has 6 heteroatoms. The number of para-hydroxylation sites is 1. The molecule has 0 aliphatic heterocycles.